The Labute approximate surface area is 250 Å². The Bertz CT molecular complexity index is 922. The molecule has 3 aliphatic rings. The number of fused-ring (bicyclic) bond motifs is 1. The quantitative estimate of drug-likeness (QED) is 0.226. The molecular weight excluding hydrogens is 525 g/mol. The summed E-state index contributed by atoms with van der Waals surface area (Å²) >= 11 is 0. The summed E-state index contributed by atoms with van der Waals surface area (Å²) in [6.07, 6.45) is 14.3. The maximum atomic E-state index is 9.61. The van der Waals surface area contributed by atoms with Gasteiger partial charge in [-0.05, 0) is 116 Å². The average Bonchev–Trinajstić information content (AvgIpc) is 3.16. The highest BCUT2D eigenvalue weighted by Gasteiger charge is 2.50. The van der Waals surface area contributed by atoms with Crippen LogP contribution in [0, 0.1) is 23.2 Å². The van der Waals surface area contributed by atoms with E-state index in [1.807, 2.05) is 0 Å². The fraction of sp³-hybridized carbons (Fsp3) is 0.829. The van der Waals surface area contributed by atoms with E-state index in [4.69, 9.17) is 8.85 Å². The number of hydrogen-bond donors (Lipinski definition) is 1. The van der Waals surface area contributed by atoms with Crippen LogP contribution in [0.1, 0.15) is 107 Å². The van der Waals surface area contributed by atoms with Gasteiger partial charge in [0.15, 0.2) is 16.6 Å². The van der Waals surface area contributed by atoms with Crippen LogP contribution >= 0.6 is 0 Å². The molecule has 0 aromatic heterocycles. The number of allylic oxidation sites excluding steroid dienone is 3. The highest BCUT2D eigenvalue weighted by molar-refractivity contribution is 6.74. The molecule has 5 heteroatoms. The normalized spacial score (nSPS) is 32.4. The molecule has 0 aliphatic heterocycles. The lowest BCUT2D eigenvalue weighted by Crippen LogP contribution is -2.49. The van der Waals surface area contributed by atoms with Crippen molar-refractivity contribution < 1.29 is 14.0 Å². The van der Waals surface area contributed by atoms with Gasteiger partial charge in [0.25, 0.3) is 0 Å². The van der Waals surface area contributed by atoms with Crippen LogP contribution in [0.3, 0.4) is 0 Å². The lowest BCUT2D eigenvalue weighted by molar-refractivity contribution is 0.0857. The van der Waals surface area contributed by atoms with Crippen molar-refractivity contribution in [3.05, 3.63) is 35.5 Å². The van der Waals surface area contributed by atoms with E-state index < -0.39 is 16.6 Å². The van der Waals surface area contributed by atoms with Crippen molar-refractivity contribution in [1.82, 2.24) is 0 Å². The predicted octanol–water partition coefficient (Wildman–Crippen LogP) is 10.2. The molecule has 0 bridgehead atoms. The van der Waals surface area contributed by atoms with E-state index in [1.165, 1.54) is 37.7 Å². The molecule has 0 radical (unpaired) electrons. The molecule has 6 atom stereocenters. The SMILES string of the molecule is C=C1[C@H](O[Si](C)(C)C(C)(C)C)CC(=C/C=C2\CCC[C@]3(C)[C@@H]([C@H](C)CCO)CC[C@@H]23)C[C@H]1O[Si](C)(C)C(C)(C)C. The number of rotatable bonds is 8. The first kappa shape index (κ1) is 34.0. The average molecular weight is 589 g/mol. The van der Waals surface area contributed by atoms with Gasteiger partial charge in [0, 0.05) is 6.61 Å². The van der Waals surface area contributed by atoms with E-state index in [9.17, 15) is 5.11 Å². The molecule has 0 unspecified atom stereocenters. The molecule has 230 valence electrons. The van der Waals surface area contributed by atoms with Crippen molar-refractivity contribution in [2.24, 2.45) is 23.2 Å². The maximum absolute atomic E-state index is 9.61. The van der Waals surface area contributed by atoms with Crippen LogP contribution in [0.25, 0.3) is 0 Å². The summed E-state index contributed by atoms with van der Waals surface area (Å²) in [6.45, 7) is 33.3. The zero-order chi connectivity index (χ0) is 30.3. The smallest absolute Gasteiger partial charge is 0.192 e. The predicted molar refractivity (Wildman–Crippen MR) is 178 cm³/mol. The van der Waals surface area contributed by atoms with Gasteiger partial charge in [-0.1, -0.05) is 85.3 Å². The van der Waals surface area contributed by atoms with Gasteiger partial charge in [-0.25, -0.2) is 0 Å². The Kier molecular flexibility index (Phi) is 10.4. The van der Waals surface area contributed by atoms with Gasteiger partial charge in [-0.2, -0.15) is 0 Å². The Morgan fingerprint density at radius 2 is 1.48 bits per heavy atom. The Hall–Kier alpha value is -0.466. The summed E-state index contributed by atoms with van der Waals surface area (Å²) in [7, 11) is -3.92. The number of hydrogen-bond acceptors (Lipinski definition) is 3. The first-order chi connectivity index (χ1) is 18.2. The number of aliphatic hydroxyl groups is 1. The van der Waals surface area contributed by atoms with E-state index in [2.05, 4.69) is 100 Å². The highest BCUT2D eigenvalue weighted by Crippen LogP contribution is 2.59. The molecule has 3 aliphatic carbocycles. The second-order valence-electron chi connectivity index (χ2n) is 16.9. The van der Waals surface area contributed by atoms with Gasteiger partial charge in [-0.15, -0.1) is 0 Å². The number of aliphatic hydroxyl groups excluding tert-OH is 1. The second kappa shape index (κ2) is 12.3. The van der Waals surface area contributed by atoms with Crippen molar-refractivity contribution >= 4 is 16.6 Å². The molecule has 0 amide bonds. The van der Waals surface area contributed by atoms with Crippen LogP contribution in [-0.4, -0.2) is 40.6 Å². The monoisotopic (exact) mass is 588 g/mol. The van der Waals surface area contributed by atoms with E-state index in [0.29, 0.717) is 23.9 Å². The van der Waals surface area contributed by atoms with Crippen molar-refractivity contribution in [2.75, 3.05) is 6.61 Å². The first-order valence-corrected chi connectivity index (χ1v) is 22.1. The van der Waals surface area contributed by atoms with E-state index >= 15 is 0 Å². The summed E-state index contributed by atoms with van der Waals surface area (Å²) in [6, 6.07) is 0. The van der Waals surface area contributed by atoms with Gasteiger partial charge in [0.2, 0.25) is 0 Å². The molecule has 3 nitrogen and oxygen atoms in total. The van der Waals surface area contributed by atoms with Gasteiger partial charge in [0.05, 0.1) is 12.2 Å². The highest BCUT2D eigenvalue weighted by atomic mass is 28.4. The Morgan fingerprint density at radius 1 is 0.950 bits per heavy atom. The summed E-state index contributed by atoms with van der Waals surface area (Å²) in [5.74, 6) is 2.01. The lowest BCUT2D eigenvalue weighted by Gasteiger charge is -2.46. The summed E-state index contributed by atoms with van der Waals surface area (Å²) < 4.78 is 14.1. The zero-order valence-electron chi connectivity index (χ0n) is 28.4. The third-order valence-corrected chi connectivity index (χ3v) is 21.0. The Morgan fingerprint density at radius 3 is 1.95 bits per heavy atom. The van der Waals surface area contributed by atoms with Gasteiger partial charge in [0.1, 0.15) is 0 Å². The molecule has 3 rings (SSSR count). The Balaban J connectivity index is 1.91. The van der Waals surface area contributed by atoms with Crippen LogP contribution in [0.4, 0.5) is 0 Å². The molecule has 3 fully saturated rings. The second-order valence-corrected chi connectivity index (χ2v) is 26.4. The molecule has 0 aromatic rings. The molecule has 0 aromatic carbocycles. The zero-order valence-corrected chi connectivity index (χ0v) is 30.4. The standard InChI is InChI=1S/C35H64O3Si2/c1-25(20-22-36)29-18-19-30-28(15-14-21-35(29,30)9)17-16-27-23-31(37-39(10,11)33(3,4)5)26(2)32(24-27)38-40(12,13)34(6,7)8/h16-17,25,29-32,36H,2,14-15,18-24H2,1,3-13H3/b28-17+/t25-,29-,30+,31-,32-,35-/m1/s1. The molecule has 1 N–H and O–H groups in total. The van der Waals surface area contributed by atoms with E-state index in [1.54, 1.807) is 5.57 Å². The third kappa shape index (κ3) is 7.18. The minimum absolute atomic E-state index is 0.0286. The van der Waals surface area contributed by atoms with Crippen molar-refractivity contribution in [1.29, 1.82) is 0 Å². The summed E-state index contributed by atoms with van der Waals surface area (Å²) in [5.41, 5.74) is 4.65. The van der Waals surface area contributed by atoms with Crippen molar-refractivity contribution in [3.63, 3.8) is 0 Å². The van der Waals surface area contributed by atoms with Gasteiger partial charge >= 0.3 is 0 Å². The molecule has 40 heavy (non-hydrogen) atoms. The first-order valence-electron chi connectivity index (χ1n) is 16.3. The van der Waals surface area contributed by atoms with E-state index in [0.717, 1.165) is 30.8 Å². The van der Waals surface area contributed by atoms with Crippen LogP contribution in [0.5, 0.6) is 0 Å². The molecule has 3 saturated carbocycles. The fourth-order valence-electron chi connectivity index (χ4n) is 7.31. The lowest BCUT2D eigenvalue weighted by atomic mass is 9.61. The van der Waals surface area contributed by atoms with Crippen LogP contribution in [0.2, 0.25) is 36.3 Å². The van der Waals surface area contributed by atoms with Crippen molar-refractivity contribution in [2.45, 2.75) is 155 Å². The maximum Gasteiger partial charge on any atom is 0.192 e. The van der Waals surface area contributed by atoms with Crippen LogP contribution < -0.4 is 0 Å². The topological polar surface area (TPSA) is 38.7 Å². The fourth-order valence-corrected chi connectivity index (χ4v) is 9.91. The van der Waals surface area contributed by atoms with Crippen LogP contribution in [-0.2, 0) is 8.85 Å². The minimum Gasteiger partial charge on any atom is -0.410 e. The molecule has 0 heterocycles. The third-order valence-electron chi connectivity index (χ3n) is 12.1. The van der Waals surface area contributed by atoms with Gasteiger partial charge < -0.3 is 14.0 Å². The van der Waals surface area contributed by atoms with E-state index in [-0.39, 0.29) is 22.3 Å². The summed E-state index contributed by atoms with van der Waals surface area (Å²) in [5, 5.41) is 9.92. The molecular formula is C35H64O3Si2. The largest absolute Gasteiger partial charge is 0.410 e. The molecule has 0 saturated heterocycles. The van der Waals surface area contributed by atoms with Crippen LogP contribution in [0.15, 0.2) is 35.5 Å². The van der Waals surface area contributed by atoms with Gasteiger partial charge in [-0.3, -0.25) is 0 Å². The minimum atomic E-state index is -1.96. The van der Waals surface area contributed by atoms with Crippen molar-refractivity contribution in [3.8, 4) is 0 Å². The molecule has 0 spiro atoms. The summed E-state index contributed by atoms with van der Waals surface area (Å²) in [4.78, 5) is 0.